The molecule has 10 heteroatoms. The van der Waals surface area contributed by atoms with E-state index < -0.39 is 26.8 Å². The minimum absolute atomic E-state index is 0.00288. The third-order valence-corrected chi connectivity index (χ3v) is 12.0. The first-order valence-electron chi connectivity index (χ1n) is 14.8. The maximum Gasteiger partial charge on any atom is 0.264 e. The van der Waals surface area contributed by atoms with Crippen molar-refractivity contribution in [1.29, 1.82) is 0 Å². The lowest BCUT2D eigenvalue weighted by Gasteiger charge is -2.45. The molecule has 1 spiro atoms. The molecule has 1 saturated heterocycles. The first-order valence-corrected chi connectivity index (χ1v) is 16.6. The molecule has 3 aromatic rings. The molecule has 7 nitrogen and oxygen atoms in total. The summed E-state index contributed by atoms with van der Waals surface area (Å²) in [4.78, 5) is 27.9. The van der Waals surface area contributed by atoms with Crippen LogP contribution in [0.3, 0.4) is 0 Å². The number of rotatable bonds is 6. The Morgan fingerprint density at radius 3 is 2.16 bits per heavy atom. The van der Waals surface area contributed by atoms with Crippen molar-refractivity contribution in [1.82, 2.24) is 10.2 Å². The number of amides is 2. The van der Waals surface area contributed by atoms with Crippen LogP contribution in [-0.2, 0) is 25.8 Å². The Morgan fingerprint density at radius 2 is 1.58 bits per heavy atom. The molecule has 2 amide bonds. The number of fused-ring (bicyclic) bond motifs is 2. The molecule has 43 heavy (non-hydrogen) atoms. The van der Waals surface area contributed by atoms with Crippen LogP contribution >= 0.6 is 11.6 Å². The second-order valence-electron chi connectivity index (χ2n) is 12.5. The lowest BCUT2D eigenvalue weighted by Crippen LogP contribution is -2.54. The summed E-state index contributed by atoms with van der Waals surface area (Å²) < 4.78 is 43.9. The summed E-state index contributed by atoms with van der Waals surface area (Å²) in [6.45, 7) is 2.58. The van der Waals surface area contributed by atoms with Crippen LogP contribution in [0.5, 0.6) is 0 Å². The Balaban J connectivity index is 1.30. The Bertz CT molecular complexity index is 1710. The molecule has 4 aliphatic rings. The van der Waals surface area contributed by atoms with Gasteiger partial charge in [0.15, 0.2) is 0 Å². The standard InChI is InChI=1S/C33H33ClFN3O4S/c1-21(39)37-18-16-32(17-19-37)28-20-23(31(40)36-33(14-15-33)24-5-7-25(34)8-6-24)4-13-29(28)38(30(32)22-2-3-22)43(41,42)27-11-9-26(35)10-12-27/h4-13,20,22,30H,2-3,14-19H2,1H3,(H,36,40). The number of hydrogen-bond acceptors (Lipinski definition) is 4. The van der Waals surface area contributed by atoms with Gasteiger partial charge in [0.05, 0.1) is 22.2 Å². The normalized spacial score (nSPS) is 21.9. The van der Waals surface area contributed by atoms with Gasteiger partial charge in [-0.15, -0.1) is 0 Å². The Labute approximate surface area is 256 Å². The van der Waals surface area contributed by atoms with Gasteiger partial charge in [-0.25, -0.2) is 12.8 Å². The molecule has 2 saturated carbocycles. The number of halogens is 2. The number of nitrogens with one attached hydrogen (secondary N) is 1. The van der Waals surface area contributed by atoms with E-state index in [1.807, 2.05) is 35.2 Å². The predicted octanol–water partition coefficient (Wildman–Crippen LogP) is 5.77. The second-order valence-corrected chi connectivity index (χ2v) is 14.7. The summed E-state index contributed by atoms with van der Waals surface area (Å²) in [6, 6.07) is 17.5. The smallest absolute Gasteiger partial charge is 0.264 e. The van der Waals surface area contributed by atoms with Crippen molar-refractivity contribution in [2.45, 2.75) is 67.3 Å². The third-order valence-electron chi connectivity index (χ3n) is 9.89. The van der Waals surface area contributed by atoms with Gasteiger partial charge in [-0.2, -0.15) is 0 Å². The fourth-order valence-corrected chi connectivity index (χ4v) is 9.23. The number of piperidine rings is 1. The fourth-order valence-electron chi connectivity index (χ4n) is 7.31. The number of hydrogen-bond donors (Lipinski definition) is 1. The number of likely N-dealkylation sites (tertiary alicyclic amines) is 1. The van der Waals surface area contributed by atoms with Crippen molar-refractivity contribution in [3.63, 3.8) is 0 Å². The lowest BCUT2D eigenvalue weighted by molar-refractivity contribution is -0.130. The van der Waals surface area contributed by atoms with E-state index in [4.69, 9.17) is 11.6 Å². The fraction of sp³-hybridized carbons (Fsp3) is 0.394. The molecule has 0 aromatic heterocycles. The summed E-state index contributed by atoms with van der Waals surface area (Å²) >= 11 is 6.09. The Kier molecular flexibility index (Phi) is 6.63. The third kappa shape index (κ3) is 4.72. The van der Waals surface area contributed by atoms with Gasteiger partial charge in [-0.05, 0) is 110 Å². The molecule has 1 N–H and O–H groups in total. The molecule has 2 aliphatic heterocycles. The van der Waals surface area contributed by atoms with Gasteiger partial charge >= 0.3 is 0 Å². The first-order chi connectivity index (χ1) is 20.5. The number of carbonyl (C=O) groups excluding carboxylic acids is 2. The van der Waals surface area contributed by atoms with Gasteiger partial charge in [0, 0.05) is 36.0 Å². The molecule has 1 unspecified atom stereocenters. The largest absolute Gasteiger partial charge is 0.343 e. The van der Waals surface area contributed by atoms with Gasteiger partial charge in [0.25, 0.3) is 15.9 Å². The van der Waals surface area contributed by atoms with E-state index in [2.05, 4.69) is 5.32 Å². The molecular formula is C33H33ClFN3O4S. The number of anilines is 1. The van der Waals surface area contributed by atoms with Crippen LogP contribution in [0.4, 0.5) is 10.1 Å². The summed E-state index contributed by atoms with van der Waals surface area (Å²) in [5.41, 5.74) is 1.88. The van der Waals surface area contributed by atoms with Crippen LogP contribution in [0.15, 0.2) is 71.6 Å². The average molecular weight is 622 g/mol. The van der Waals surface area contributed by atoms with Crippen LogP contribution in [-0.4, -0.2) is 44.3 Å². The van der Waals surface area contributed by atoms with Crippen LogP contribution in [0.1, 0.15) is 66.9 Å². The van der Waals surface area contributed by atoms with Crippen molar-refractivity contribution < 1.29 is 22.4 Å². The van der Waals surface area contributed by atoms with Crippen molar-refractivity contribution in [3.05, 3.63) is 94.3 Å². The average Bonchev–Trinajstić information content (AvgIpc) is 3.93. The highest BCUT2D eigenvalue weighted by atomic mass is 35.5. The highest BCUT2D eigenvalue weighted by Crippen LogP contribution is 2.59. The molecule has 0 radical (unpaired) electrons. The van der Waals surface area contributed by atoms with Crippen molar-refractivity contribution in [3.8, 4) is 0 Å². The predicted molar refractivity (Wildman–Crippen MR) is 162 cm³/mol. The number of sulfonamides is 1. The molecule has 224 valence electrons. The highest BCUT2D eigenvalue weighted by Gasteiger charge is 2.60. The molecule has 1 atom stereocenters. The van der Waals surface area contributed by atoms with Crippen LogP contribution < -0.4 is 9.62 Å². The topological polar surface area (TPSA) is 86.8 Å². The van der Waals surface area contributed by atoms with Crippen molar-refractivity contribution >= 4 is 39.1 Å². The van der Waals surface area contributed by atoms with E-state index in [-0.39, 0.29) is 28.7 Å². The molecule has 2 aliphatic carbocycles. The Hall–Kier alpha value is -3.43. The summed E-state index contributed by atoms with van der Waals surface area (Å²) in [5, 5.41) is 3.88. The lowest BCUT2D eigenvalue weighted by atomic mass is 9.68. The van der Waals surface area contributed by atoms with Crippen LogP contribution in [0.25, 0.3) is 0 Å². The summed E-state index contributed by atoms with van der Waals surface area (Å²) in [7, 11) is -4.04. The maximum atomic E-state index is 14.3. The van der Waals surface area contributed by atoms with Crippen molar-refractivity contribution in [2.24, 2.45) is 5.92 Å². The molecular weight excluding hydrogens is 589 g/mol. The highest BCUT2D eigenvalue weighted by molar-refractivity contribution is 7.92. The summed E-state index contributed by atoms with van der Waals surface area (Å²) in [5.74, 6) is -0.565. The van der Waals surface area contributed by atoms with E-state index in [0.29, 0.717) is 42.2 Å². The monoisotopic (exact) mass is 621 g/mol. The van der Waals surface area contributed by atoms with Crippen LogP contribution in [0.2, 0.25) is 5.02 Å². The second kappa shape index (κ2) is 10.1. The van der Waals surface area contributed by atoms with E-state index in [1.54, 1.807) is 23.4 Å². The number of nitrogens with zero attached hydrogens (tertiary/aromatic N) is 2. The maximum absolute atomic E-state index is 14.3. The quantitative estimate of drug-likeness (QED) is 0.379. The minimum Gasteiger partial charge on any atom is -0.343 e. The molecule has 0 bridgehead atoms. The van der Waals surface area contributed by atoms with E-state index in [0.717, 1.165) is 36.8 Å². The zero-order valence-electron chi connectivity index (χ0n) is 23.9. The van der Waals surface area contributed by atoms with Crippen molar-refractivity contribution in [2.75, 3.05) is 17.4 Å². The van der Waals surface area contributed by atoms with Crippen LogP contribution in [0, 0.1) is 11.7 Å². The zero-order valence-corrected chi connectivity index (χ0v) is 25.4. The first kappa shape index (κ1) is 28.3. The summed E-state index contributed by atoms with van der Waals surface area (Å²) in [6.07, 6.45) is 4.64. The molecule has 2 heterocycles. The molecule has 7 rings (SSSR count). The van der Waals surface area contributed by atoms with Gasteiger partial charge in [0.1, 0.15) is 5.82 Å². The van der Waals surface area contributed by atoms with Gasteiger partial charge < -0.3 is 10.2 Å². The van der Waals surface area contributed by atoms with Gasteiger partial charge in [-0.3, -0.25) is 13.9 Å². The molecule has 3 fully saturated rings. The van der Waals surface area contributed by atoms with E-state index in [9.17, 15) is 22.4 Å². The molecule has 3 aromatic carbocycles. The van der Waals surface area contributed by atoms with E-state index in [1.165, 1.54) is 24.3 Å². The van der Waals surface area contributed by atoms with E-state index >= 15 is 0 Å². The van der Waals surface area contributed by atoms with Gasteiger partial charge in [-0.1, -0.05) is 23.7 Å². The SMILES string of the molecule is CC(=O)N1CCC2(CC1)c1cc(C(=O)NC3(c4ccc(Cl)cc4)CC3)ccc1N(S(=O)(=O)c1ccc(F)cc1)C2C1CC1. The minimum atomic E-state index is -4.04. The zero-order chi connectivity index (χ0) is 30.1. The Morgan fingerprint density at radius 1 is 0.930 bits per heavy atom. The number of carbonyl (C=O) groups is 2. The van der Waals surface area contributed by atoms with Gasteiger partial charge in [0.2, 0.25) is 5.91 Å². The number of benzene rings is 3.